The van der Waals surface area contributed by atoms with Gasteiger partial charge in [-0.2, -0.15) is 5.10 Å². The SMILES string of the molecule is Cn1nc(C2=CCN(C(=O)OC(C)(C)C)CC2)c2cc(Cl)ccc21. The molecule has 0 saturated heterocycles. The molecule has 0 spiro atoms. The number of hydrogen-bond acceptors (Lipinski definition) is 3. The number of halogens is 1. The number of hydrogen-bond donors (Lipinski definition) is 0. The van der Waals surface area contributed by atoms with Gasteiger partial charge in [-0.05, 0) is 51.0 Å². The monoisotopic (exact) mass is 347 g/mol. The molecule has 1 aliphatic heterocycles. The molecule has 0 bridgehead atoms. The van der Waals surface area contributed by atoms with Crippen LogP contribution in [0.4, 0.5) is 4.79 Å². The summed E-state index contributed by atoms with van der Waals surface area (Å²) in [4.78, 5) is 13.9. The van der Waals surface area contributed by atoms with Crippen molar-refractivity contribution >= 4 is 34.2 Å². The van der Waals surface area contributed by atoms with Gasteiger partial charge in [-0.25, -0.2) is 4.79 Å². The number of amides is 1. The third-order valence-electron chi connectivity index (χ3n) is 3.98. The average Bonchev–Trinajstić information content (AvgIpc) is 2.82. The fourth-order valence-corrected chi connectivity index (χ4v) is 3.02. The van der Waals surface area contributed by atoms with Gasteiger partial charge in [0.15, 0.2) is 0 Å². The van der Waals surface area contributed by atoms with Crippen LogP contribution in [0.15, 0.2) is 24.3 Å². The second-order valence-corrected chi connectivity index (χ2v) is 7.48. The largest absolute Gasteiger partial charge is 0.444 e. The molecule has 1 aliphatic rings. The topological polar surface area (TPSA) is 47.4 Å². The Bertz CT molecular complexity index is 818. The van der Waals surface area contributed by atoms with Crippen molar-refractivity contribution in [2.24, 2.45) is 7.05 Å². The maximum absolute atomic E-state index is 12.2. The van der Waals surface area contributed by atoms with Gasteiger partial charge in [0.2, 0.25) is 0 Å². The van der Waals surface area contributed by atoms with Crippen molar-refractivity contribution in [3.63, 3.8) is 0 Å². The minimum absolute atomic E-state index is 0.272. The molecule has 0 aliphatic carbocycles. The molecule has 0 unspecified atom stereocenters. The number of benzene rings is 1. The summed E-state index contributed by atoms with van der Waals surface area (Å²) in [6.07, 6.45) is 2.53. The molecule has 0 saturated carbocycles. The maximum atomic E-state index is 12.2. The predicted molar refractivity (Wildman–Crippen MR) is 96.1 cm³/mol. The molecule has 0 atom stereocenters. The van der Waals surface area contributed by atoms with Crippen LogP contribution < -0.4 is 0 Å². The normalized spacial score (nSPS) is 15.5. The van der Waals surface area contributed by atoms with Gasteiger partial charge in [0.25, 0.3) is 0 Å². The van der Waals surface area contributed by atoms with Crippen LogP contribution in [0.5, 0.6) is 0 Å². The molecular formula is C18H22ClN3O2. The Morgan fingerprint density at radius 1 is 1.33 bits per heavy atom. The zero-order chi connectivity index (χ0) is 17.5. The number of carbonyl (C=O) groups excluding carboxylic acids is 1. The summed E-state index contributed by atoms with van der Waals surface area (Å²) >= 11 is 6.14. The molecule has 2 heterocycles. The van der Waals surface area contributed by atoms with Crippen LogP contribution in [0.25, 0.3) is 16.5 Å². The molecule has 5 nitrogen and oxygen atoms in total. The summed E-state index contributed by atoms with van der Waals surface area (Å²) in [5.74, 6) is 0. The number of rotatable bonds is 1. The molecule has 0 fully saturated rings. The highest BCUT2D eigenvalue weighted by atomic mass is 35.5. The van der Waals surface area contributed by atoms with Crippen LogP contribution in [0.2, 0.25) is 5.02 Å². The number of aromatic nitrogens is 2. The zero-order valence-electron chi connectivity index (χ0n) is 14.5. The Morgan fingerprint density at radius 3 is 2.71 bits per heavy atom. The summed E-state index contributed by atoms with van der Waals surface area (Å²) in [6, 6.07) is 5.79. The molecule has 1 aromatic heterocycles. The van der Waals surface area contributed by atoms with Gasteiger partial charge in [0, 0.05) is 30.5 Å². The first-order valence-corrected chi connectivity index (χ1v) is 8.42. The highest BCUT2D eigenvalue weighted by Gasteiger charge is 2.25. The van der Waals surface area contributed by atoms with E-state index in [2.05, 4.69) is 11.2 Å². The van der Waals surface area contributed by atoms with Crippen LogP contribution in [-0.2, 0) is 11.8 Å². The zero-order valence-corrected chi connectivity index (χ0v) is 15.2. The first-order chi connectivity index (χ1) is 11.2. The molecule has 3 rings (SSSR count). The quantitative estimate of drug-likeness (QED) is 0.774. The predicted octanol–water partition coefficient (Wildman–Crippen LogP) is 4.25. The molecule has 1 amide bonds. The number of carbonyl (C=O) groups is 1. The first kappa shape index (κ1) is 16.8. The molecule has 6 heteroatoms. The lowest BCUT2D eigenvalue weighted by molar-refractivity contribution is 0.0270. The minimum atomic E-state index is -0.477. The number of aryl methyl sites for hydroxylation is 1. The number of fused-ring (bicyclic) bond motifs is 1. The van der Waals surface area contributed by atoms with E-state index >= 15 is 0 Å². The Balaban J connectivity index is 1.83. The molecular weight excluding hydrogens is 326 g/mol. The summed E-state index contributed by atoms with van der Waals surface area (Å²) in [5.41, 5.74) is 2.65. The van der Waals surface area contributed by atoms with Crippen molar-refractivity contribution in [2.45, 2.75) is 32.8 Å². The molecule has 24 heavy (non-hydrogen) atoms. The lowest BCUT2D eigenvalue weighted by Gasteiger charge is -2.29. The van der Waals surface area contributed by atoms with Crippen LogP contribution in [0.1, 0.15) is 32.9 Å². The fraction of sp³-hybridized carbons (Fsp3) is 0.444. The van der Waals surface area contributed by atoms with Crippen molar-refractivity contribution in [1.82, 2.24) is 14.7 Å². The summed E-state index contributed by atoms with van der Waals surface area (Å²) in [7, 11) is 1.93. The summed E-state index contributed by atoms with van der Waals surface area (Å²) in [6.45, 7) is 6.78. The Hall–Kier alpha value is -2.01. The van der Waals surface area contributed by atoms with E-state index in [-0.39, 0.29) is 6.09 Å². The van der Waals surface area contributed by atoms with Crippen LogP contribution >= 0.6 is 11.6 Å². The van der Waals surface area contributed by atoms with Gasteiger partial charge in [-0.3, -0.25) is 4.68 Å². The van der Waals surface area contributed by atoms with Gasteiger partial charge in [-0.15, -0.1) is 0 Å². The van der Waals surface area contributed by atoms with E-state index in [1.54, 1.807) is 4.90 Å². The van der Waals surface area contributed by atoms with Crippen LogP contribution in [0.3, 0.4) is 0 Å². The molecule has 128 valence electrons. The van der Waals surface area contributed by atoms with E-state index in [0.29, 0.717) is 18.1 Å². The third-order valence-corrected chi connectivity index (χ3v) is 4.21. The van der Waals surface area contributed by atoms with Gasteiger partial charge < -0.3 is 9.64 Å². The lowest BCUT2D eigenvalue weighted by atomic mass is 10.0. The Kier molecular flexibility index (Phi) is 4.30. The fourth-order valence-electron chi connectivity index (χ4n) is 2.85. The molecule has 2 aromatic rings. The van der Waals surface area contributed by atoms with Gasteiger partial charge >= 0.3 is 6.09 Å². The minimum Gasteiger partial charge on any atom is -0.444 e. The smallest absolute Gasteiger partial charge is 0.410 e. The standard InChI is InChI=1S/C18H22ClN3O2/c1-18(2,3)24-17(23)22-9-7-12(8-10-22)16-14-11-13(19)5-6-15(14)21(4)20-16/h5-7,11H,8-10H2,1-4H3. The maximum Gasteiger partial charge on any atom is 0.410 e. The molecule has 1 aromatic carbocycles. The van der Waals surface area contributed by atoms with E-state index in [1.807, 2.05) is 50.7 Å². The second kappa shape index (κ2) is 6.13. The number of nitrogens with zero attached hydrogens (tertiary/aromatic N) is 3. The lowest BCUT2D eigenvalue weighted by Crippen LogP contribution is -2.39. The van der Waals surface area contributed by atoms with Crippen LogP contribution in [0, 0.1) is 0 Å². The summed E-state index contributed by atoms with van der Waals surface area (Å²) < 4.78 is 7.29. The highest BCUT2D eigenvalue weighted by molar-refractivity contribution is 6.31. The Morgan fingerprint density at radius 2 is 2.08 bits per heavy atom. The van der Waals surface area contributed by atoms with E-state index < -0.39 is 5.60 Å². The third kappa shape index (κ3) is 3.41. The second-order valence-electron chi connectivity index (χ2n) is 7.04. The van der Waals surface area contributed by atoms with Crippen molar-refractivity contribution in [1.29, 1.82) is 0 Å². The first-order valence-electron chi connectivity index (χ1n) is 8.04. The average molecular weight is 348 g/mol. The highest BCUT2D eigenvalue weighted by Crippen LogP contribution is 2.30. The summed E-state index contributed by atoms with van der Waals surface area (Å²) in [5, 5.41) is 6.38. The van der Waals surface area contributed by atoms with Crippen LogP contribution in [-0.4, -0.2) is 39.5 Å². The Labute approximate surface area is 146 Å². The van der Waals surface area contributed by atoms with Gasteiger partial charge in [0.1, 0.15) is 5.60 Å². The van der Waals surface area contributed by atoms with E-state index in [9.17, 15) is 4.79 Å². The van der Waals surface area contributed by atoms with E-state index in [4.69, 9.17) is 16.3 Å². The van der Waals surface area contributed by atoms with Crippen molar-refractivity contribution in [2.75, 3.05) is 13.1 Å². The van der Waals surface area contributed by atoms with E-state index in [0.717, 1.165) is 28.6 Å². The van der Waals surface area contributed by atoms with E-state index in [1.165, 1.54) is 0 Å². The van der Waals surface area contributed by atoms with Gasteiger partial charge in [0.05, 0.1) is 11.2 Å². The van der Waals surface area contributed by atoms with Crippen molar-refractivity contribution < 1.29 is 9.53 Å². The molecule has 0 N–H and O–H groups in total. The van der Waals surface area contributed by atoms with Gasteiger partial charge in [-0.1, -0.05) is 17.7 Å². The number of ether oxygens (including phenoxy) is 1. The van der Waals surface area contributed by atoms with Crippen molar-refractivity contribution in [3.05, 3.63) is 35.0 Å². The molecule has 0 radical (unpaired) electrons. The van der Waals surface area contributed by atoms with Crippen molar-refractivity contribution in [3.8, 4) is 0 Å².